The lowest BCUT2D eigenvalue weighted by atomic mass is 9.85. The molecule has 0 bridgehead atoms. The fourth-order valence-corrected chi connectivity index (χ4v) is 4.77. The maximum absolute atomic E-state index is 13.1. The van der Waals surface area contributed by atoms with Crippen molar-refractivity contribution in [1.29, 1.82) is 0 Å². The summed E-state index contributed by atoms with van der Waals surface area (Å²) in [5.41, 5.74) is 4.98. The molecule has 1 atom stereocenters. The predicted octanol–water partition coefficient (Wildman–Crippen LogP) is 5.04. The number of carbonyl (C=O) groups excluding carboxylic acids is 1. The minimum Gasteiger partial charge on any atom is -0.328 e. The molecule has 152 valence electrons. The Balaban J connectivity index is 1.49. The molecule has 1 N–H and O–H groups in total. The SMILES string of the molecule is Cc1ccc([C@H]2C3=C(CCCC3=O)Nc3nc(SCc4ccc(F)cc4)nn32)cc1. The molecular weight excluding hydrogens is 399 g/mol. The van der Waals surface area contributed by atoms with Crippen molar-refractivity contribution < 1.29 is 9.18 Å². The number of rotatable bonds is 4. The molecule has 7 heteroatoms. The summed E-state index contributed by atoms with van der Waals surface area (Å²) in [4.78, 5) is 17.5. The molecule has 1 aliphatic carbocycles. The highest BCUT2D eigenvalue weighted by molar-refractivity contribution is 7.98. The van der Waals surface area contributed by atoms with Gasteiger partial charge in [0.05, 0.1) is 0 Å². The van der Waals surface area contributed by atoms with Crippen molar-refractivity contribution >= 4 is 23.5 Å². The van der Waals surface area contributed by atoms with Gasteiger partial charge in [0.2, 0.25) is 11.1 Å². The van der Waals surface area contributed by atoms with Gasteiger partial charge >= 0.3 is 0 Å². The van der Waals surface area contributed by atoms with Crippen molar-refractivity contribution in [2.24, 2.45) is 0 Å². The van der Waals surface area contributed by atoms with Gasteiger partial charge in [-0.15, -0.1) is 5.10 Å². The first-order valence-electron chi connectivity index (χ1n) is 10.0. The summed E-state index contributed by atoms with van der Waals surface area (Å²) < 4.78 is 15.0. The van der Waals surface area contributed by atoms with Crippen molar-refractivity contribution in [1.82, 2.24) is 14.8 Å². The number of ketones is 1. The number of halogens is 1. The fourth-order valence-electron chi connectivity index (χ4n) is 3.98. The van der Waals surface area contributed by atoms with Crippen molar-refractivity contribution in [3.05, 3.63) is 82.3 Å². The maximum Gasteiger partial charge on any atom is 0.227 e. The number of Topliss-reactive ketones (excluding diaryl/α,β-unsaturated/α-hetero) is 1. The standard InChI is InChI=1S/C23H21FN4OS/c1-14-5-9-16(10-6-14)21-20-18(3-2-4-19(20)29)25-22-26-23(27-28(21)22)30-13-15-7-11-17(24)12-8-15/h5-12,21H,2-4,13H2,1H3,(H,25,26,27)/t21-/m0/s1. The van der Waals surface area contributed by atoms with Crippen molar-refractivity contribution in [3.8, 4) is 0 Å². The summed E-state index contributed by atoms with van der Waals surface area (Å²) in [6, 6.07) is 14.4. The van der Waals surface area contributed by atoms with E-state index in [4.69, 9.17) is 5.10 Å². The van der Waals surface area contributed by atoms with E-state index in [1.807, 2.05) is 11.6 Å². The third-order valence-corrected chi connectivity index (χ3v) is 6.43. The van der Waals surface area contributed by atoms with E-state index in [-0.39, 0.29) is 17.6 Å². The third-order valence-electron chi connectivity index (χ3n) is 5.52. The molecule has 2 aliphatic rings. The van der Waals surface area contributed by atoms with Gasteiger partial charge in [0, 0.05) is 23.4 Å². The van der Waals surface area contributed by atoms with E-state index in [1.165, 1.54) is 29.5 Å². The lowest BCUT2D eigenvalue weighted by Crippen LogP contribution is -2.31. The number of fused-ring (bicyclic) bond motifs is 1. The summed E-state index contributed by atoms with van der Waals surface area (Å²) in [7, 11) is 0. The average Bonchev–Trinajstić information content (AvgIpc) is 3.15. The Labute approximate surface area is 178 Å². The number of aryl methyl sites for hydroxylation is 1. The summed E-state index contributed by atoms with van der Waals surface area (Å²) in [5, 5.41) is 8.72. The number of thioether (sulfide) groups is 1. The molecular formula is C23H21FN4OS. The van der Waals surface area contributed by atoms with Crippen LogP contribution in [0.1, 0.15) is 42.0 Å². The van der Waals surface area contributed by atoms with Crippen LogP contribution >= 0.6 is 11.8 Å². The van der Waals surface area contributed by atoms with Crippen LogP contribution in [0.5, 0.6) is 0 Å². The Hall–Kier alpha value is -2.93. The number of anilines is 1. The zero-order chi connectivity index (χ0) is 20.7. The zero-order valence-electron chi connectivity index (χ0n) is 16.6. The van der Waals surface area contributed by atoms with Crippen molar-refractivity contribution in [2.45, 2.75) is 43.1 Å². The van der Waals surface area contributed by atoms with Gasteiger partial charge in [0.15, 0.2) is 5.78 Å². The van der Waals surface area contributed by atoms with E-state index < -0.39 is 0 Å². The topological polar surface area (TPSA) is 59.8 Å². The van der Waals surface area contributed by atoms with E-state index in [0.29, 0.717) is 23.3 Å². The smallest absolute Gasteiger partial charge is 0.227 e. The van der Waals surface area contributed by atoms with Crippen LogP contribution in [-0.4, -0.2) is 20.5 Å². The van der Waals surface area contributed by atoms with Gasteiger partial charge in [-0.1, -0.05) is 53.7 Å². The number of nitrogens with one attached hydrogen (secondary N) is 1. The van der Waals surface area contributed by atoms with Gasteiger partial charge in [-0.3, -0.25) is 4.79 Å². The number of nitrogens with zero attached hydrogens (tertiary/aromatic N) is 3. The second-order valence-corrected chi connectivity index (χ2v) is 8.63. The van der Waals surface area contributed by atoms with E-state index in [1.54, 1.807) is 12.1 Å². The van der Waals surface area contributed by atoms with E-state index in [0.717, 1.165) is 35.2 Å². The molecule has 5 rings (SSSR count). The Morgan fingerprint density at radius 3 is 2.67 bits per heavy atom. The minimum absolute atomic E-state index is 0.177. The van der Waals surface area contributed by atoms with Crippen molar-refractivity contribution in [3.63, 3.8) is 0 Å². The summed E-state index contributed by atoms with van der Waals surface area (Å²) >= 11 is 1.50. The van der Waals surface area contributed by atoms with Crippen LogP contribution in [0.25, 0.3) is 0 Å². The molecule has 0 saturated carbocycles. The fraction of sp³-hybridized carbons (Fsp3) is 0.261. The quantitative estimate of drug-likeness (QED) is 0.599. The predicted molar refractivity (Wildman–Crippen MR) is 115 cm³/mol. The van der Waals surface area contributed by atoms with Gasteiger partial charge in [0.1, 0.15) is 11.9 Å². The van der Waals surface area contributed by atoms with Crippen LogP contribution in [-0.2, 0) is 10.5 Å². The number of aromatic nitrogens is 3. The number of hydrogen-bond donors (Lipinski definition) is 1. The first-order valence-corrected chi connectivity index (χ1v) is 11.0. The van der Waals surface area contributed by atoms with Crippen LogP contribution in [0, 0.1) is 12.7 Å². The molecule has 5 nitrogen and oxygen atoms in total. The molecule has 0 fully saturated rings. The van der Waals surface area contributed by atoms with E-state index >= 15 is 0 Å². The second kappa shape index (κ2) is 7.72. The summed E-state index contributed by atoms with van der Waals surface area (Å²) in [6.07, 6.45) is 2.26. The van der Waals surface area contributed by atoms with Crippen LogP contribution in [0.4, 0.5) is 10.3 Å². The summed E-state index contributed by atoms with van der Waals surface area (Å²) in [6.45, 7) is 2.05. The number of carbonyl (C=O) groups is 1. The maximum atomic E-state index is 13.1. The van der Waals surface area contributed by atoms with Crippen LogP contribution in [0.2, 0.25) is 0 Å². The molecule has 3 aromatic rings. The molecule has 0 unspecified atom stereocenters. The molecule has 0 saturated heterocycles. The lowest BCUT2D eigenvalue weighted by molar-refractivity contribution is -0.116. The van der Waals surface area contributed by atoms with E-state index in [2.05, 4.69) is 34.6 Å². The molecule has 2 heterocycles. The largest absolute Gasteiger partial charge is 0.328 e. The van der Waals surface area contributed by atoms with Crippen LogP contribution in [0.15, 0.2) is 65.0 Å². The van der Waals surface area contributed by atoms with Gasteiger partial charge in [-0.25, -0.2) is 9.07 Å². The molecule has 2 aromatic carbocycles. The second-order valence-electron chi connectivity index (χ2n) is 7.68. The molecule has 0 spiro atoms. The molecule has 0 amide bonds. The minimum atomic E-state index is -0.266. The van der Waals surface area contributed by atoms with Gasteiger partial charge in [-0.05, 0) is 43.0 Å². The molecule has 1 aromatic heterocycles. The highest BCUT2D eigenvalue weighted by Gasteiger charge is 2.36. The van der Waals surface area contributed by atoms with Gasteiger partial charge in [-0.2, -0.15) is 4.98 Å². The zero-order valence-corrected chi connectivity index (χ0v) is 17.4. The van der Waals surface area contributed by atoms with Crippen molar-refractivity contribution in [2.75, 3.05) is 5.32 Å². The molecule has 1 aliphatic heterocycles. The molecule has 30 heavy (non-hydrogen) atoms. The van der Waals surface area contributed by atoms with Gasteiger partial charge in [0.25, 0.3) is 0 Å². The number of benzene rings is 2. The number of hydrogen-bond acceptors (Lipinski definition) is 5. The lowest BCUT2D eigenvalue weighted by Gasteiger charge is -2.32. The highest BCUT2D eigenvalue weighted by Crippen LogP contribution is 2.40. The monoisotopic (exact) mass is 420 g/mol. The normalized spacial score (nSPS) is 18.1. The van der Waals surface area contributed by atoms with Crippen LogP contribution < -0.4 is 5.32 Å². The van der Waals surface area contributed by atoms with E-state index in [9.17, 15) is 9.18 Å². The first kappa shape index (κ1) is 19.1. The first-order chi connectivity index (χ1) is 14.6. The Bertz CT molecular complexity index is 1140. The third kappa shape index (κ3) is 3.54. The average molecular weight is 421 g/mol. The highest BCUT2D eigenvalue weighted by atomic mass is 32.2. The van der Waals surface area contributed by atoms with Gasteiger partial charge < -0.3 is 5.32 Å². The van der Waals surface area contributed by atoms with Crippen LogP contribution in [0.3, 0.4) is 0 Å². The summed E-state index contributed by atoms with van der Waals surface area (Å²) in [5.74, 6) is 1.24. The Kier molecular flexibility index (Phi) is 4.90. The Morgan fingerprint density at radius 1 is 1.13 bits per heavy atom. The Morgan fingerprint density at radius 2 is 1.90 bits per heavy atom. The number of allylic oxidation sites excluding steroid dienone is 2. The molecule has 0 radical (unpaired) electrons.